The number of nitrogens with zero attached hydrogens (tertiary/aromatic N) is 2. The second-order valence-electron chi connectivity index (χ2n) is 6.78. The third-order valence-corrected chi connectivity index (χ3v) is 6.93. The lowest BCUT2D eigenvalue weighted by atomic mass is 10.2. The summed E-state index contributed by atoms with van der Waals surface area (Å²) in [6.45, 7) is 3.91. The minimum Gasteiger partial charge on any atom is -0.495 e. The van der Waals surface area contributed by atoms with Gasteiger partial charge in [0.15, 0.2) is 0 Å². The minimum absolute atomic E-state index is 0.126. The highest BCUT2D eigenvalue weighted by Gasteiger charge is 2.28. The molecule has 0 unspecified atom stereocenters. The lowest BCUT2D eigenvalue weighted by molar-refractivity contribution is -0.132. The van der Waals surface area contributed by atoms with Crippen molar-refractivity contribution in [1.82, 2.24) is 9.62 Å². The second kappa shape index (κ2) is 9.15. The molecule has 1 saturated heterocycles. The Kier molecular flexibility index (Phi) is 6.81. The Balaban J connectivity index is 1.60. The van der Waals surface area contributed by atoms with E-state index >= 15 is 0 Å². The highest BCUT2D eigenvalue weighted by atomic mass is 79.9. The van der Waals surface area contributed by atoms with Crippen LogP contribution in [0.25, 0.3) is 0 Å². The average molecular weight is 482 g/mol. The van der Waals surface area contributed by atoms with Crippen molar-refractivity contribution in [2.75, 3.05) is 38.2 Å². The lowest BCUT2D eigenvalue weighted by Crippen LogP contribution is -2.54. The molecule has 29 heavy (non-hydrogen) atoms. The van der Waals surface area contributed by atoms with Crippen molar-refractivity contribution in [2.24, 2.45) is 0 Å². The number of carbonyl (C=O) groups excluding carboxylic acids is 1. The molecule has 7 nitrogen and oxygen atoms in total. The first kappa shape index (κ1) is 21.6. The summed E-state index contributed by atoms with van der Waals surface area (Å²) in [7, 11) is -2.13. The third-order valence-electron chi connectivity index (χ3n) is 4.84. The van der Waals surface area contributed by atoms with Gasteiger partial charge in [-0.2, -0.15) is 4.72 Å². The number of para-hydroxylation sites is 2. The van der Waals surface area contributed by atoms with Crippen LogP contribution in [0.1, 0.15) is 6.92 Å². The Labute approximate surface area is 179 Å². The predicted molar refractivity (Wildman–Crippen MR) is 116 cm³/mol. The monoisotopic (exact) mass is 481 g/mol. The zero-order valence-electron chi connectivity index (χ0n) is 16.3. The minimum atomic E-state index is -3.77. The molecule has 156 valence electrons. The van der Waals surface area contributed by atoms with Gasteiger partial charge >= 0.3 is 0 Å². The van der Waals surface area contributed by atoms with Crippen molar-refractivity contribution in [2.45, 2.75) is 17.9 Å². The first-order chi connectivity index (χ1) is 13.8. The zero-order chi connectivity index (χ0) is 21.0. The number of nitrogens with one attached hydrogen (secondary N) is 1. The van der Waals surface area contributed by atoms with Crippen LogP contribution in [0.15, 0.2) is 57.9 Å². The van der Waals surface area contributed by atoms with Gasteiger partial charge in [-0.15, -0.1) is 0 Å². The second-order valence-corrected chi connectivity index (χ2v) is 9.41. The van der Waals surface area contributed by atoms with Crippen LogP contribution < -0.4 is 14.4 Å². The van der Waals surface area contributed by atoms with Crippen LogP contribution in [-0.4, -0.2) is 58.6 Å². The van der Waals surface area contributed by atoms with Crippen LogP contribution in [0.2, 0.25) is 0 Å². The van der Waals surface area contributed by atoms with Gasteiger partial charge in [-0.05, 0) is 43.3 Å². The van der Waals surface area contributed by atoms with Crippen molar-refractivity contribution < 1.29 is 17.9 Å². The van der Waals surface area contributed by atoms with Crippen molar-refractivity contribution in [3.05, 3.63) is 53.0 Å². The van der Waals surface area contributed by atoms with Crippen molar-refractivity contribution in [3.63, 3.8) is 0 Å². The quantitative estimate of drug-likeness (QED) is 0.685. The molecule has 1 atom stereocenters. The van der Waals surface area contributed by atoms with E-state index in [1.54, 1.807) is 31.1 Å². The number of sulfonamides is 1. The molecule has 1 heterocycles. The van der Waals surface area contributed by atoms with E-state index < -0.39 is 16.1 Å². The van der Waals surface area contributed by atoms with E-state index in [0.29, 0.717) is 26.2 Å². The Morgan fingerprint density at radius 3 is 2.31 bits per heavy atom. The number of hydrogen-bond acceptors (Lipinski definition) is 5. The lowest BCUT2D eigenvalue weighted by Gasteiger charge is -2.37. The Morgan fingerprint density at radius 1 is 1.07 bits per heavy atom. The van der Waals surface area contributed by atoms with Crippen LogP contribution in [0, 0.1) is 0 Å². The van der Waals surface area contributed by atoms with E-state index in [0.717, 1.165) is 15.9 Å². The average Bonchev–Trinajstić information content (AvgIpc) is 2.73. The third kappa shape index (κ3) is 5.09. The summed E-state index contributed by atoms with van der Waals surface area (Å²) in [6.07, 6.45) is 0. The van der Waals surface area contributed by atoms with Gasteiger partial charge in [0.1, 0.15) is 5.75 Å². The van der Waals surface area contributed by atoms with Crippen molar-refractivity contribution in [1.29, 1.82) is 0 Å². The number of halogens is 1. The maximum absolute atomic E-state index is 12.8. The molecule has 1 fully saturated rings. The molecular weight excluding hydrogens is 458 g/mol. The highest BCUT2D eigenvalue weighted by Crippen LogP contribution is 2.28. The molecule has 2 aromatic rings. The Bertz CT molecular complexity index is 958. The normalized spacial score (nSPS) is 15.8. The number of rotatable bonds is 6. The summed E-state index contributed by atoms with van der Waals surface area (Å²) in [5.74, 6) is 0.563. The van der Waals surface area contributed by atoms with Crippen LogP contribution in [-0.2, 0) is 14.8 Å². The van der Waals surface area contributed by atoms with E-state index in [1.807, 2.05) is 24.3 Å². The molecule has 1 aliphatic rings. The number of hydrogen-bond donors (Lipinski definition) is 1. The topological polar surface area (TPSA) is 79.0 Å². The summed E-state index contributed by atoms with van der Waals surface area (Å²) >= 11 is 3.28. The van der Waals surface area contributed by atoms with Gasteiger partial charge in [0, 0.05) is 30.7 Å². The van der Waals surface area contributed by atoms with Gasteiger partial charge in [0.05, 0.1) is 23.7 Å². The standard InChI is InChI=1S/C20H24BrN3O4S/c1-15(22-29(26,27)17-9-7-16(21)8-10-17)20(25)24-13-11-23(12-14-24)18-5-3-4-6-19(18)28-2/h3-10,15,22H,11-14H2,1-2H3/t15-/m0/s1. The van der Waals surface area contributed by atoms with Crippen LogP contribution >= 0.6 is 15.9 Å². The molecular formula is C20H24BrN3O4S. The number of anilines is 1. The number of piperazine rings is 1. The molecule has 0 aliphatic carbocycles. The van der Waals surface area contributed by atoms with Crippen LogP contribution in [0.4, 0.5) is 5.69 Å². The molecule has 0 bridgehead atoms. The Hall–Kier alpha value is -2.10. The number of amides is 1. The molecule has 0 saturated carbocycles. The summed E-state index contributed by atoms with van der Waals surface area (Å²) < 4.78 is 33.7. The van der Waals surface area contributed by atoms with E-state index in [-0.39, 0.29) is 10.8 Å². The van der Waals surface area contributed by atoms with Gasteiger partial charge < -0.3 is 14.5 Å². The number of carbonyl (C=O) groups is 1. The molecule has 3 rings (SSSR count). The first-order valence-electron chi connectivity index (χ1n) is 9.26. The SMILES string of the molecule is COc1ccccc1N1CCN(C(=O)[C@H](C)NS(=O)(=O)c2ccc(Br)cc2)CC1. The van der Waals surface area contributed by atoms with Gasteiger partial charge in [0.2, 0.25) is 15.9 Å². The fraction of sp³-hybridized carbons (Fsp3) is 0.350. The van der Waals surface area contributed by atoms with Gasteiger partial charge in [-0.3, -0.25) is 4.79 Å². The van der Waals surface area contributed by atoms with Crippen molar-refractivity contribution in [3.8, 4) is 5.75 Å². The highest BCUT2D eigenvalue weighted by molar-refractivity contribution is 9.10. The molecule has 0 spiro atoms. The molecule has 1 aliphatic heterocycles. The molecule has 1 N–H and O–H groups in total. The maximum atomic E-state index is 12.8. The van der Waals surface area contributed by atoms with Gasteiger partial charge in [0.25, 0.3) is 0 Å². The van der Waals surface area contributed by atoms with Crippen LogP contribution in [0.5, 0.6) is 5.75 Å². The number of ether oxygens (including phenoxy) is 1. The molecule has 2 aromatic carbocycles. The summed E-state index contributed by atoms with van der Waals surface area (Å²) in [4.78, 5) is 16.8. The van der Waals surface area contributed by atoms with E-state index in [4.69, 9.17) is 4.74 Å². The summed E-state index contributed by atoms with van der Waals surface area (Å²) in [6, 6.07) is 13.2. The summed E-state index contributed by atoms with van der Waals surface area (Å²) in [5, 5.41) is 0. The smallest absolute Gasteiger partial charge is 0.241 e. The van der Waals surface area contributed by atoms with Gasteiger partial charge in [-0.25, -0.2) is 8.42 Å². The van der Waals surface area contributed by atoms with E-state index in [9.17, 15) is 13.2 Å². The van der Waals surface area contributed by atoms with Gasteiger partial charge in [-0.1, -0.05) is 28.1 Å². The number of benzene rings is 2. The molecule has 1 amide bonds. The van der Waals surface area contributed by atoms with E-state index in [2.05, 4.69) is 25.6 Å². The number of methoxy groups -OCH3 is 1. The zero-order valence-corrected chi connectivity index (χ0v) is 18.7. The maximum Gasteiger partial charge on any atom is 0.241 e. The summed E-state index contributed by atoms with van der Waals surface area (Å²) in [5.41, 5.74) is 0.992. The fourth-order valence-corrected chi connectivity index (χ4v) is 4.76. The van der Waals surface area contributed by atoms with E-state index in [1.165, 1.54) is 12.1 Å². The Morgan fingerprint density at radius 2 is 1.69 bits per heavy atom. The largest absolute Gasteiger partial charge is 0.495 e. The first-order valence-corrected chi connectivity index (χ1v) is 11.5. The van der Waals surface area contributed by atoms with Crippen LogP contribution in [0.3, 0.4) is 0 Å². The van der Waals surface area contributed by atoms with Crippen molar-refractivity contribution >= 4 is 37.5 Å². The fourth-order valence-electron chi connectivity index (χ4n) is 3.30. The molecule has 9 heteroatoms. The predicted octanol–water partition coefficient (Wildman–Crippen LogP) is 2.47. The molecule has 0 aromatic heterocycles. The molecule has 0 radical (unpaired) electrons.